The second kappa shape index (κ2) is 6.73. The minimum atomic E-state index is -0.514. The number of nitrogens with zero attached hydrogens (tertiary/aromatic N) is 1. The fourth-order valence-corrected chi connectivity index (χ4v) is 2.57. The lowest BCUT2D eigenvalue weighted by Gasteiger charge is -2.34. The lowest BCUT2D eigenvalue weighted by Crippen LogP contribution is -2.47. The summed E-state index contributed by atoms with van der Waals surface area (Å²) in [5.41, 5.74) is -0.111. The highest BCUT2D eigenvalue weighted by atomic mass is 35.5. The van der Waals surface area contributed by atoms with Gasteiger partial charge in [-0.25, -0.2) is 9.18 Å². The molecule has 1 N–H and O–H groups in total. The van der Waals surface area contributed by atoms with Gasteiger partial charge in [0, 0.05) is 24.2 Å². The fraction of sp³-hybridized carbons (Fsp3) is 0.562. The Morgan fingerprint density at radius 3 is 2.82 bits per heavy atom. The first kappa shape index (κ1) is 16.9. The number of carbonyl (C=O) groups excluding carboxylic acids is 1. The number of amides is 1. The van der Waals surface area contributed by atoms with E-state index in [2.05, 4.69) is 5.32 Å². The fourth-order valence-electron chi connectivity index (χ4n) is 2.41. The summed E-state index contributed by atoms with van der Waals surface area (Å²) < 4.78 is 19.2. The Morgan fingerprint density at radius 2 is 2.18 bits per heavy atom. The molecule has 1 heterocycles. The number of carbonyl (C=O) groups is 1. The van der Waals surface area contributed by atoms with Crippen molar-refractivity contribution >= 4 is 23.4 Å². The molecular formula is C16H22ClFN2O2. The van der Waals surface area contributed by atoms with E-state index >= 15 is 0 Å². The van der Waals surface area contributed by atoms with Crippen LogP contribution in [-0.2, 0) is 4.74 Å². The number of rotatable bonds is 2. The zero-order valence-electron chi connectivity index (χ0n) is 13.2. The number of likely N-dealkylation sites (tertiary alicyclic amines) is 1. The van der Waals surface area contributed by atoms with Crippen LogP contribution < -0.4 is 5.32 Å². The van der Waals surface area contributed by atoms with Gasteiger partial charge in [-0.05, 0) is 51.8 Å². The maximum Gasteiger partial charge on any atom is 0.410 e. The Bertz CT molecular complexity index is 545. The Morgan fingerprint density at radius 1 is 1.45 bits per heavy atom. The van der Waals surface area contributed by atoms with Crippen LogP contribution in [0.1, 0.15) is 33.6 Å². The number of hydrogen-bond acceptors (Lipinski definition) is 3. The summed E-state index contributed by atoms with van der Waals surface area (Å²) in [5, 5.41) is 3.50. The van der Waals surface area contributed by atoms with E-state index in [1.165, 1.54) is 6.07 Å². The van der Waals surface area contributed by atoms with Crippen molar-refractivity contribution in [2.24, 2.45) is 0 Å². The third-order valence-electron chi connectivity index (χ3n) is 3.36. The molecule has 0 radical (unpaired) electrons. The molecule has 0 bridgehead atoms. The molecular weight excluding hydrogens is 307 g/mol. The molecule has 1 saturated heterocycles. The number of benzene rings is 1. The molecule has 1 aromatic rings. The first-order valence-electron chi connectivity index (χ1n) is 7.44. The van der Waals surface area contributed by atoms with Gasteiger partial charge in [0.1, 0.15) is 11.4 Å². The van der Waals surface area contributed by atoms with Crippen molar-refractivity contribution in [3.63, 3.8) is 0 Å². The monoisotopic (exact) mass is 328 g/mol. The smallest absolute Gasteiger partial charge is 0.410 e. The molecule has 1 aliphatic heterocycles. The van der Waals surface area contributed by atoms with E-state index in [1.54, 1.807) is 17.0 Å². The largest absolute Gasteiger partial charge is 0.444 e. The summed E-state index contributed by atoms with van der Waals surface area (Å²) >= 11 is 5.75. The third-order valence-corrected chi connectivity index (χ3v) is 3.60. The SMILES string of the molecule is CC(C)(C)OC(=O)N1CCCC(Nc2ccc(Cl)cc2F)C1. The molecule has 0 spiro atoms. The van der Waals surface area contributed by atoms with Gasteiger partial charge < -0.3 is 15.0 Å². The van der Waals surface area contributed by atoms with Crippen molar-refractivity contribution in [1.29, 1.82) is 0 Å². The first-order valence-corrected chi connectivity index (χ1v) is 7.82. The molecule has 122 valence electrons. The van der Waals surface area contributed by atoms with Crippen LogP contribution in [0.3, 0.4) is 0 Å². The van der Waals surface area contributed by atoms with E-state index in [0.717, 1.165) is 12.8 Å². The molecule has 1 unspecified atom stereocenters. The molecule has 0 aliphatic carbocycles. The van der Waals surface area contributed by atoms with Crippen LogP contribution in [0, 0.1) is 5.82 Å². The van der Waals surface area contributed by atoms with E-state index < -0.39 is 5.60 Å². The second-order valence-electron chi connectivity index (χ2n) is 6.53. The van der Waals surface area contributed by atoms with Gasteiger partial charge in [0.15, 0.2) is 0 Å². The molecule has 1 aliphatic rings. The lowest BCUT2D eigenvalue weighted by atomic mass is 10.1. The van der Waals surface area contributed by atoms with Gasteiger partial charge in [-0.3, -0.25) is 0 Å². The van der Waals surface area contributed by atoms with Crippen molar-refractivity contribution in [3.05, 3.63) is 29.0 Å². The van der Waals surface area contributed by atoms with Crippen LogP contribution >= 0.6 is 11.6 Å². The van der Waals surface area contributed by atoms with Crippen molar-refractivity contribution in [3.8, 4) is 0 Å². The topological polar surface area (TPSA) is 41.6 Å². The Hall–Kier alpha value is -1.49. The highest BCUT2D eigenvalue weighted by Crippen LogP contribution is 2.22. The van der Waals surface area contributed by atoms with E-state index in [1.807, 2.05) is 20.8 Å². The van der Waals surface area contributed by atoms with E-state index in [0.29, 0.717) is 23.8 Å². The average Bonchev–Trinajstić information content (AvgIpc) is 2.40. The maximum atomic E-state index is 13.8. The standard InChI is InChI=1S/C16H22ClFN2O2/c1-16(2,3)22-15(21)20-8-4-5-12(10-20)19-14-7-6-11(17)9-13(14)18/h6-7,9,12,19H,4-5,8,10H2,1-3H3. The van der Waals surface area contributed by atoms with Crippen molar-refractivity contribution in [2.45, 2.75) is 45.3 Å². The highest BCUT2D eigenvalue weighted by Gasteiger charge is 2.27. The Kier molecular flexibility index (Phi) is 5.16. The number of hydrogen-bond donors (Lipinski definition) is 1. The van der Waals surface area contributed by atoms with Gasteiger partial charge in [0.2, 0.25) is 0 Å². The average molecular weight is 329 g/mol. The van der Waals surface area contributed by atoms with Crippen LogP contribution in [0.4, 0.5) is 14.9 Å². The van der Waals surface area contributed by atoms with Gasteiger partial charge in [-0.1, -0.05) is 11.6 Å². The van der Waals surface area contributed by atoms with Gasteiger partial charge in [0.25, 0.3) is 0 Å². The maximum absolute atomic E-state index is 13.8. The molecule has 1 atom stereocenters. The molecule has 0 aromatic heterocycles. The Labute approximate surface area is 135 Å². The Balaban J connectivity index is 1.97. The van der Waals surface area contributed by atoms with Gasteiger partial charge in [-0.15, -0.1) is 0 Å². The van der Waals surface area contributed by atoms with E-state index in [-0.39, 0.29) is 18.0 Å². The van der Waals surface area contributed by atoms with Gasteiger partial charge in [0.05, 0.1) is 5.69 Å². The summed E-state index contributed by atoms with van der Waals surface area (Å²) in [6.07, 6.45) is 1.41. The van der Waals surface area contributed by atoms with Crippen LogP contribution in [0.5, 0.6) is 0 Å². The quantitative estimate of drug-likeness (QED) is 0.880. The van der Waals surface area contributed by atoms with E-state index in [9.17, 15) is 9.18 Å². The summed E-state index contributed by atoms with van der Waals surface area (Å²) in [4.78, 5) is 13.8. The summed E-state index contributed by atoms with van der Waals surface area (Å²) in [6.45, 7) is 6.68. The number of piperidine rings is 1. The van der Waals surface area contributed by atoms with Crippen molar-refractivity contribution in [2.75, 3.05) is 18.4 Å². The highest BCUT2D eigenvalue weighted by molar-refractivity contribution is 6.30. The lowest BCUT2D eigenvalue weighted by molar-refractivity contribution is 0.0206. The molecule has 0 saturated carbocycles. The van der Waals surface area contributed by atoms with Crippen LogP contribution in [0.15, 0.2) is 18.2 Å². The normalized spacial score (nSPS) is 19.0. The second-order valence-corrected chi connectivity index (χ2v) is 6.97. The number of halogens is 2. The zero-order chi connectivity index (χ0) is 16.3. The minimum Gasteiger partial charge on any atom is -0.444 e. The van der Waals surface area contributed by atoms with Crippen LogP contribution in [-0.4, -0.2) is 35.7 Å². The molecule has 4 nitrogen and oxygen atoms in total. The predicted molar refractivity (Wildman–Crippen MR) is 85.9 cm³/mol. The van der Waals surface area contributed by atoms with Gasteiger partial charge >= 0.3 is 6.09 Å². The minimum absolute atomic E-state index is 0.00283. The summed E-state index contributed by atoms with van der Waals surface area (Å²) in [5.74, 6) is -0.387. The number of nitrogens with one attached hydrogen (secondary N) is 1. The number of anilines is 1. The van der Waals surface area contributed by atoms with Crippen molar-refractivity contribution in [1.82, 2.24) is 4.90 Å². The van der Waals surface area contributed by atoms with Crippen LogP contribution in [0.2, 0.25) is 5.02 Å². The van der Waals surface area contributed by atoms with Crippen molar-refractivity contribution < 1.29 is 13.9 Å². The third kappa shape index (κ3) is 4.77. The molecule has 1 aromatic carbocycles. The van der Waals surface area contributed by atoms with Crippen LogP contribution in [0.25, 0.3) is 0 Å². The van der Waals surface area contributed by atoms with Gasteiger partial charge in [-0.2, -0.15) is 0 Å². The predicted octanol–water partition coefficient (Wildman–Crippen LogP) is 4.29. The molecule has 2 rings (SSSR count). The molecule has 1 amide bonds. The summed E-state index contributed by atoms with van der Waals surface area (Å²) in [7, 11) is 0. The first-order chi connectivity index (χ1) is 10.2. The number of ether oxygens (including phenoxy) is 1. The molecule has 1 fully saturated rings. The molecule has 22 heavy (non-hydrogen) atoms. The zero-order valence-corrected chi connectivity index (χ0v) is 13.9. The van der Waals surface area contributed by atoms with E-state index in [4.69, 9.17) is 16.3 Å². The summed E-state index contributed by atoms with van der Waals surface area (Å²) in [6, 6.07) is 4.53. The molecule has 6 heteroatoms.